The van der Waals surface area contributed by atoms with E-state index in [1.54, 1.807) is 43.9 Å². The van der Waals surface area contributed by atoms with Gasteiger partial charge in [-0.1, -0.05) is 6.07 Å². The first-order chi connectivity index (χ1) is 9.78. The summed E-state index contributed by atoms with van der Waals surface area (Å²) in [6.45, 7) is 5.14. The lowest BCUT2D eigenvalue weighted by Gasteiger charge is -2.43. The van der Waals surface area contributed by atoms with E-state index in [4.69, 9.17) is 4.74 Å². The monoisotopic (exact) mass is 292 g/mol. The van der Waals surface area contributed by atoms with E-state index in [0.717, 1.165) is 0 Å². The molecule has 6 nitrogen and oxygen atoms in total. The number of ether oxygens (including phenoxy) is 1. The van der Waals surface area contributed by atoms with E-state index in [-0.39, 0.29) is 18.4 Å². The molecule has 0 aromatic heterocycles. The van der Waals surface area contributed by atoms with Gasteiger partial charge in [-0.05, 0) is 32.9 Å². The molecule has 1 aromatic carbocycles. The van der Waals surface area contributed by atoms with Gasteiger partial charge in [0, 0.05) is 11.3 Å². The van der Waals surface area contributed by atoms with Crippen molar-refractivity contribution in [2.75, 3.05) is 18.6 Å². The van der Waals surface area contributed by atoms with E-state index in [1.165, 1.54) is 7.11 Å². The molecular weight excluding hydrogens is 272 g/mol. The van der Waals surface area contributed by atoms with E-state index in [2.05, 4.69) is 5.32 Å². The topological polar surface area (TPSA) is 78.9 Å². The standard InChI is InChI=1S/C15H20N2O4/c1-9(18)13-10(6-5-7-11(13)21-4)17-8-12(19)16-14(20)15(17,2)3/h5-7,9,18H,8H2,1-4H3,(H,16,19,20)/t9-/m1/s1. The quantitative estimate of drug-likeness (QED) is 0.812. The molecule has 21 heavy (non-hydrogen) atoms. The van der Waals surface area contributed by atoms with Gasteiger partial charge in [-0.25, -0.2) is 0 Å². The highest BCUT2D eigenvalue weighted by atomic mass is 16.5. The van der Waals surface area contributed by atoms with Crippen molar-refractivity contribution in [3.8, 4) is 5.75 Å². The molecule has 1 aromatic rings. The lowest BCUT2D eigenvalue weighted by Crippen LogP contribution is -2.64. The molecule has 0 unspecified atom stereocenters. The van der Waals surface area contributed by atoms with Crippen molar-refractivity contribution in [1.29, 1.82) is 0 Å². The van der Waals surface area contributed by atoms with Gasteiger partial charge >= 0.3 is 0 Å². The predicted octanol–water partition coefficient (Wildman–Crippen LogP) is 0.990. The predicted molar refractivity (Wildman–Crippen MR) is 78.2 cm³/mol. The number of methoxy groups -OCH3 is 1. The third-order valence-corrected chi connectivity index (χ3v) is 3.76. The maximum atomic E-state index is 12.1. The first-order valence-corrected chi connectivity index (χ1v) is 6.76. The molecule has 0 aliphatic carbocycles. The fourth-order valence-corrected chi connectivity index (χ4v) is 2.53. The first kappa shape index (κ1) is 15.3. The molecule has 1 aliphatic heterocycles. The Morgan fingerprint density at radius 3 is 2.62 bits per heavy atom. The number of hydrogen-bond donors (Lipinski definition) is 2. The Kier molecular flexibility index (Phi) is 3.91. The maximum absolute atomic E-state index is 12.1. The molecule has 1 atom stereocenters. The van der Waals surface area contributed by atoms with Gasteiger partial charge in [-0.3, -0.25) is 14.9 Å². The van der Waals surface area contributed by atoms with Crippen molar-refractivity contribution in [2.24, 2.45) is 0 Å². The second-order valence-corrected chi connectivity index (χ2v) is 5.59. The lowest BCUT2D eigenvalue weighted by atomic mass is 9.95. The summed E-state index contributed by atoms with van der Waals surface area (Å²) in [4.78, 5) is 25.5. The fraction of sp³-hybridized carbons (Fsp3) is 0.467. The Labute approximate surface area is 123 Å². The maximum Gasteiger partial charge on any atom is 0.251 e. The molecular formula is C15H20N2O4. The highest BCUT2D eigenvalue weighted by Gasteiger charge is 2.42. The van der Waals surface area contributed by atoms with Gasteiger partial charge in [0.2, 0.25) is 5.91 Å². The Morgan fingerprint density at radius 1 is 1.38 bits per heavy atom. The summed E-state index contributed by atoms with van der Waals surface area (Å²) in [6.07, 6.45) is -0.785. The van der Waals surface area contributed by atoms with Crippen molar-refractivity contribution in [3.63, 3.8) is 0 Å². The van der Waals surface area contributed by atoms with Crippen LogP contribution >= 0.6 is 0 Å². The van der Waals surface area contributed by atoms with Crippen LogP contribution in [0.25, 0.3) is 0 Å². The average molecular weight is 292 g/mol. The summed E-state index contributed by atoms with van der Waals surface area (Å²) in [5, 5.41) is 12.4. The van der Waals surface area contributed by atoms with E-state index in [0.29, 0.717) is 17.0 Å². The third-order valence-electron chi connectivity index (χ3n) is 3.76. The normalized spacial score (nSPS) is 19.2. The molecule has 1 fully saturated rings. The van der Waals surface area contributed by atoms with Crippen molar-refractivity contribution < 1.29 is 19.4 Å². The molecule has 1 aliphatic rings. The highest BCUT2D eigenvalue weighted by Crippen LogP contribution is 2.38. The molecule has 6 heteroatoms. The summed E-state index contributed by atoms with van der Waals surface area (Å²) in [5.74, 6) is -0.200. The van der Waals surface area contributed by atoms with Crippen LogP contribution in [0.2, 0.25) is 0 Å². The summed E-state index contributed by atoms with van der Waals surface area (Å²) < 4.78 is 5.29. The largest absolute Gasteiger partial charge is 0.496 e. The highest BCUT2D eigenvalue weighted by molar-refractivity contribution is 6.06. The van der Waals surface area contributed by atoms with Crippen LogP contribution < -0.4 is 15.0 Å². The molecule has 1 heterocycles. The molecule has 1 saturated heterocycles. The van der Waals surface area contributed by atoms with Crippen molar-refractivity contribution in [3.05, 3.63) is 23.8 Å². The molecule has 0 saturated carbocycles. The number of anilines is 1. The van der Waals surface area contributed by atoms with Crippen LogP contribution in [0.4, 0.5) is 5.69 Å². The molecule has 2 rings (SSSR count). The number of piperazine rings is 1. The number of carbonyl (C=O) groups excluding carboxylic acids is 2. The van der Waals surface area contributed by atoms with Crippen LogP contribution in [0.15, 0.2) is 18.2 Å². The number of aliphatic hydroxyl groups is 1. The summed E-state index contributed by atoms with van der Waals surface area (Å²) in [7, 11) is 1.52. The average Bonchev–Trinajstić information content (AvgIpc) is 2.42. The molecule has 0 radical (unpaired) electrons. The zero-order chi connectivity index (χ0) is 15.8. The minimum absolute atomic E-state index is 0.0472. The first-order valence-electron chi connectivity index (χ1n) is 6.76. The van der Waals surface area contributed by atoms with Crippen LogP contribution in [0, 0.1) is 0 Å². The molecule has 0 bridgehead atoms. The van der Waals surface area contributed by atoms with E-state index >= 15 is 0 Å². The second kappa shape index (κ2) is 5.37. The summed E-state index contributed by atoms with van der Waals surface area (Å²) in [5.41, 5.74) is 0.289. The Hall–Kier alpha value is -2.08. The lowest BCUT2D eigenvalue weighted by molar-refractivity contribution is -0.135. The molecule has 114 valence electrons. The Morgan fingerprint density at radius 2 is 2.05 bits per heavy atom. The van der Waals surface area contributed by atoms with Gasteiger partial charge in [-0.15, -0.1) is 0 Å². The fourth-order valence-electron chi connectivity index (χ4n) is 2.53. The third kappa shape index (κ3) is 2.58. The number of imide groups is 1. The summed E-state index contributed by atoms with van der Waals surface area (Å²) in [6, 6.07) is 5.29. The SMILES string of the molecule is COc1cccc(N2CC(=O)NC(=O)C2(C)C)c1[C@@H](C)O. The number of hydrogen-bond acceptors (Lipinski definition) is 5. The summed E-state index contributed by atoms with van der Waals surface area (Å²) >= 11 is 0. The van der Waals surface area contributed by atoms with Crippen LogP contribution in [0.5, 0.6) is 5.75 Å². The number of carbonyl (C=O) groups is 2. The number of nitrogens with one attached hydrogen (secondary N) is 1. The zero-order valence-corrected chi connectivity index (χ0v) is 12.6. The van der Waals surface area contributed by atoms with Gasteiger partial charge < -0.3 is 14.7 Å². The number of amides is 2. The van der Waals surface area contributed by atoms with Crippen molar-refractivity contribution >= 4 is 17.5 Å². The van der Waals surface area contributed by atoms with Gasteiger partial charge in [0.05, 0.1) is 19.8 Å². The number of rotatable bonds is 3. The van der Waals surface area contributed by atoms with E-state index in [1.807, 2.05) is 0 Å². The molecule has 2 N–H and O–H groups in total. The van der Waals surface area contributed by atoms with Gasteiger partial charge in [0.15, 0.2) is 0 Å². The minimum Gasteiger partial charge on any atom is -0.496 e. The van der Waals surface area contributed by atoms with E-state index < -0.39 is 11.6 Å². The van der Waals surface area contributed by atoms with Crippen LogP contribution in [-0.4, -0.2) is 36.1 Å². The number of aliphatic hydroxyl groups excluding tert-OH is 1. The smallest absolute Gasteiger partial charge is 0.251 e. The van der Waals surface area contributed by atoms with E-state index in [9.17, 15) is 14.7 Å². The zero-order valence-electron chi connectivity index (χ0n) is 12.6. The molecule has 0 spiro atoms. The Balaban J connectivity index is 2.59. The van der Waals surface area contributed by atoms with Crippen molar-refractivity contribution in [1.82, 2.24) is 5.32 Å². The Bertz CT molecular complexity index is 581. The van der Waals surface area contributed by atoms with Gasteiger partial charge in [0.25, 0.3) is 5.91 Å². The van der Waals surface area contributed by atoms with Crippen LogP contribution in [0.3, 0.4) is 0 Å². The number of benzene rings is 1. The van der Waals surface area contributed by atoms with Crippen LogP contribution in [-0.2, 0) is 9.59 Å². The van der Waals surface area contributed by atoms with Gasteiger partial charge in [0.1, 0.15) is 11.3 Å². The van der Waals surface area contributed by atoms with Crippen LogP contribution in [0.1, 0.15) is 32.4 Å². The minimum atomic E-state index is -0.899. The second-order valence-electron chi connectivity index (χ2n) is 5.59. The number of nitrogens with zero attached hydrogens (tertiary/aromatic N) is 1. The molecule has 2 amide bonds. The van der Waals surface area contributed by atoms with Crippen molar-refractivity contribution in [2.45, 2.75) is 32.4 Å². The van der Waals surface area contributed by atoms with Gasteiger partial charge in [-0.2, -0.15) is 0 Å².